The number of nitrogens with zero attached hydrogens (tertiary/aromatic N) is 2. The fraction of sp³-hybridized carbons (Fsp3) is 0.900. The lowest BCUT2D eigenvalue weighted by Gasteiger charge is -2.26. The third kappa shape index (κ3) is 1.98. The topological polar surface area (TPSA) is 27.0 Å². The van der Waals surface area contributed by atoms with E-state index in [1.807, 2.05) is 0 Å². The van der Waals surface area contributed by atoms with Gasteiger partial charge in [-0.15, -0.1) is 0 Å². The van der Waals surface area contributed by atoms with Gasteiger partial charge in [0, 0.05) is 12.6 Å². The van der Waals surface area contributed by atoms with Gasteiger partial charge in [-0.1, -0.05) is 13.8 Å². The molecule has 1 fully saturated rings. The number of hydrogen-bond acceptors (Lipinski definition) is 2. The van der Waals surface area contributed by atoms with Gasteiger partial charge >= 0.3 is 0 Å². The molecule has 68 valence electrons. The van der Waals surface area contributed by atoms with Crippen LogP contribution in [0.5, 0.6) is 0 Å². The van der Waals surface area contributed by atoms with E-state index in [1.54, 1.807) is 0 Å². The van der Waals surface area contributed by atoms with Crippen molar-refractivity contribution in [2.45, 2.75) is 33.2 Å². The van der Waals surface area contributed by atoms with Gasteiger partial charge in [-0.2, -0.15) is 5.26 Å². The van der Waals surface area contributed by atoms with Crippen molar-refractivity contribution in [3.63, 3.8) is 0 Å². The van der Waals surface area contributed by atoms with Gasteiger partial charge in [-0.25, -0.2) is 0 Å². The summed E-state index contributed by atoms with van der Waals surface area (Å²) in [6, 6.07) is 2.97. The molecule has 0 radical (unpaired) electrons. The maximum absolute atomic E-state index is 8.73. The highest BCUT2D eigenvalue weighted by molar-refractivity contribution is 4.92. The van der Waals surface area contributed by atoms with Crippen LogP contribution in [-0.4, -0.2) is 24.0 Å². The third-order valence-electron chi connectivity index (χ3n) is 2.94. The maximum Gasteiger partial charge on any atom is 0.0669 e. The number of nitriles is 1. The van der Waals surface area contributed by atoms with Crippen LogP contribution in [-0.2, 0) is 0 Å². The minimum absolute atomic E-state index is 0.284. The second-order valence-corrected chi connectivity index (χ2v) is 4.09. The molecule has 12 heavy (non-hydrogen) atoms. The zero-order valence-electron chi connectivity index (χ0n) is 8.25. The molecule has 1 rings (SSSR count). The molecular weight excluding hydrogens is 148 g/mol. The molecule has 1 aliphatic heterocycles. The summed E-state index contributed by atoms with van der Waals surface area (Å²) in [5.41, 5.74) is 0. The molecule has 0 amide bonds. The van der Waals surface area contributed by atoms with E-state index >= 15 is 0 Å². The first-order valence-corrected chi connectivity index (χ1v) is 4.78. The first-order chi connectivity index (χ1) is 5.65. The van der Waals surface area contributed by atoms with Gasteiger partial charge < -0.3 is 0 Å². The predicted molar refractivity (Wildman–Crippen MR) is 49.6 cm³/mol. The van der Waals surface area contributed by atoms with Gasteiger partial charge in [0.2, 0.25) is 0 Å². The highest BCUT2D eigenvalue weighted by Crippen LogP contribution is 2.20. The Morgan fingerprint density at radius 2 is 2.08 bits per heavy atom. The smallest absolute Gasteiger partial charge is 0.0669 e. The molecule has 0 saturated carbocycles. The zero-order chi connectivity index (χ0) is 9.14. The Hall–Kier alpha value is -0.550. The molecule has 1 saturated heterocycles. The standard InChI is InChI=1S/C10H18N2/c1-8(2)9(3)12-5-4-10(6-11)7-12/h8-10H,4-5,7H2,1-3H3/t9-,10+/m0/s1. The maximum atomic E-state index is 8.73. The van der Waals surface area contributed by atoms with Crippen molar-refractivity contribution in [3.05, 3.63) is 0 Å². The molecule has 0 bridgehead atoms. The summed E-state index contributed by atoms with van der Waals surface area (Å²) in [7, 11) is 0. The lowest BCUT2D eigenvalue weighted by atomic mass is 10.1. The van der Waals surface area contributed by atoms with Crippen molar-refractivity contribution in [1.82, 2.24) is 4.90 Å². The van der Waals surface area contributed by atoms with E-state index in [0.29, 0.717) is 12.0 Å². The molecular formula is C10H18N2. The molecule has 1 aliphatic rings. The Balaban J connectivity index is 2.42. The second-order valence-electron chi connectivity index (χ2n) is 4.09. The average molecular weight is 166 g/mol. The van der Waals surface area contributed by atoms with Gasteiger partial charge in [0.1, 0.15) is 0 Å². The van der Waals surface area contributed by atoms with Crippen molar-refractivity contribution in [2.75, 3.05) is 13.1 Å². The Labute approximate surface area is 75.2 Å². The molecule has 0 aromatic carbocycles. The molecule has 0 unspecified atom stereocenters. The van der Waals surface area contributed by atoms with Gasteiger partial charge in [-0.3, -0.25) is 4.90 Å². The molecule has 0 aromatic heterocycles. The lowest BCUT2D eigenvalue weighted by Crippen LogP contribution is -2.34. The van der Waals surface area contributed by atoms with Crippen molar-refractivity contribution in [3.8, 4) is 6.07 Å². The van der Waals surface area contributed by atoms with Gasteiger partial charge in [0.25, 0.3) is 0 Å². The van der Waals surface area contributed by atoms with Crippen LogP contribution < -0.4 is 0 Å². The number of rotatable bonds is 2. The minimum Gasteiger partial charge on any atom is -0.299 e. The van der Waals surface area contributed by atoms with Gasteiger partial charge in [0.15, 0.2) is 0 Å². The van der Waals surface area contributed by atoms with Gasteiger partial charge in [-0.05, 0) is 25.8 Å². The van der Waals surface area contributed by atoms with E-state index in [4.69, 9.17) is 5.26 Å². The summed E-state index contributed by atoms with van der Waals surface area (Å²) in [5.74, 6) is 0.980. The number of likely N-dealkylation sites (tertiary alicyclic amines) is 1. The fourth-order valence-electron chi connectivity index (χ4n) is 1.68. The van der Waals surface area contributed by atoms with Crippen LogP contribution in [0.2, 0.25) is 0 Å². The molecule has 2 heteroatoms. The zero-order valence-corrected chi connectivity index (χ0v) is 8.25. The highest BCUT2D eigenvalue weighted by atomic mass is 15.2. The highest BCUT2D eigenvalue weighted by Gasteiger charge is 2.26. The van der Waals surface area contributed by atoms with E-state index in [1.165, 1.54) is 0 Å². The first-order valence-electron chi connectivity index (χ1n) is 4.78. The fourth-order valence-corrected chi connectivity index (χ4v) is 1.68. The van der Waals surface area contributed by atoms with Crippen LogP contribution in [0.1, 0.15) is 27.2 Å². The molecule has 0 aliphatic carbocycles. The largest absolute Gasteiger partial charge is 0.299 e. The van der Waals surface area contributed by atoms with E-state index in [9.17, 15) is 0 Å². The summed E-state index contributed by atoms with van der Waals surface area (Å²) in [4.78, 5) is 2.43. The Morgan fingerprint density at radius 3 is 2.50 bits per heavy atom. The summed E-state index contributed by atoms with van der Waals surface area (Å²) >= 11 is 0. The van der Waals surface area contributed by atoms with Crippen LogP contribution in [0.15, 0.2) is 0 Å². The Kier molecular flexibility index (Phi) is 3.11. The first kappa shape index (κ1) is 9.54. The monoisotopic (exact) mass is 166 g/mol. The third-order valence-corrected chi connectivity index (χ3v) is 2.94. The second kappa shape index (κ2) is 3.91. The van der Waals surface area contributed by atoms with E-state index in [0.717, 1.165) is 19.5 Å². The van der Waals surface area contributed by atoms with Crippen molar-refractivity contribution >= 4 is 0 Å². The summed E-state index contributed by atoms with van der Waals surface area (Å²) in [5, 5.41) is 8.73. The number of hydrogen-bond donors (Lipinski definition) is 0. The van der Waals surface area contributed by atoms with Crippen LogP contribution in [0.3, 0.4) is 0 Å². The predicted octanol–water partition coefficient (Wildman–Crippen LogP) is 1.88. The average Bonchev–Trinajstić information content (AvgIpc) is 2.50. The molecule has 2 nitrogen and oxygen atoms in total. The van der Waals surface area contributed by atoms with E-state index in [-0.39, 0.29) is 5.92 Å². The summed E-state index contributed by atoms with van der Waals surface area (Å²) in [6.07, 6.45) is 1.06. The summed E-state index contributed by atoms with van der Waals surface area (Å²) < 4.78 is 0. The van der Waals surface area contributed by atoms with Gasteiger partial charge in [0.05, 0.1) is 12.0 Å². The van der Waals surface area contributed by atoms with Crippen LogP contribution >= 0.6 is 0 Å². The minimum atomic E-state index is 0.284. The molecule has 0 aromatic rings. The molecule has 1 heterocycles. The normalized spacial score (nSPS) is 27.4. The SMILES string of the molecule is CC(C)[C@H](C)N1CC[C@H](C#N)C1. The molecule has 0 spiro atoms. The van der Waals surface area contributed by atoms with Crippen LogP contribution in [0.4, 0.5) is 0 Å². The van der Waals surface area contributed by atoms with E-state index in [2.05, 4.69) is 31.7 Å². The molecule has 2 atom stereocenters. The van der Waals surface area contributed by atoms with Crippen LogP contribution in [0.25, 0.3) is 0 Å². The summed E-state index contributed by atoms with van der Waals surface area (Å²) in [6.45, 7) is 8.83. The Morgan fingerprint density at radius 1 is 1.42 bits per heavy atom. The Bertz CT molecular complexity index is 181. The van der Waals surface area contributed by atoms with Crippen molar-refractivity contribution < 1.29 is 0 Å². The van der Waals surface area contributed by atoms with Crippen molar-refractivity contribution in [2.24, 2.45) is 11.8 Å². The van der Waals surface area contributed by atoms with Crippen LogP contribution in [0, 0.1) is 23.2 Å². The quantitative estimate of drug-likeness (QED) is 0.626. The lowest BCUT2D eigenvalue weighted by molar-refractivity contribution is 0.204. The van der Waals surface area contributed by atoms with E-state index < -0.39 is 0 Å². The molecule has 0 N–H and O–H groups in total. The van der Waals surface area contributed by atoms with Crippen molar-refractivity contribution in [1.29, 1.82) is 5.26 Å².